The average Bonchev–Trinajstić information content (AvgIpc) is 2.40. The van der Waals surface area contributed by atoms with Gasteiger partial charge in [0.2, 0.25) is 0 Å². The van der Waals surface area contributed by atoms with E-state index < -0.39 is 0 Å². The molecule has 4 heteroatoms. The fraction of sp³-hybridized carbons (Fsp3) is 0.625. The third-order valence-electron chi connectivity index (χ3n) is 3.85. The molecule has 2 rings (SSSR count). The molecule has 3 atom stereocenters. The molecule has 0 aromatic heterocycles. The van der Waals surface area contributed by atoms with Crippen LogP contribution in [0.2, 0.25) is 0 Å². The number of halogens is 1. The number of nitrogens with zero attached hydrogens (tertiary/aromatic N) is 1. The maximum atomic E-state index is 13.0. The number of hydrogen-bond donors (Lipinski definition) is 1. The molecule has 1 saturated heterocycles. The second kappa shape index (κ2) is 7.16. The highest BCUT2D eigenvalue weighted by molar-refractivity contribution is 5.19. The van der Waals surface area contributed by atoms with Crippen LogP contribution in [0.5, 0.6) is 0 Å². The maximum Gasteiger partial charge on any atom is 0.123 e. The first-order chi connectivity index (χ1) is 9.58. The van der Waals surface area contributed by atoms with Gasteiger partial charge in [0, 0.05) is 25.7 Å². The van der Waals surface area contributed by atoms with Crippen molar-refractivity contribution in [1.82, 2.24) is 10.2 Å². The van der Waals surface area contributed by atoms with Gasteiger partial charge in [0.25, 0.3) is 0 Å². The number of ether oxygens (including phenoxy) is 1. The Bertz CT molecular complexity index is 399. The van der Waals surface area contributed by atoms with E-state index in [1.807, 2.05) is 19.2 Å². The largest absolute Gasteiger partial charge is 0.373 e. The molecule has 1 aromatic carbocycles. The fourth-order valence-electron chi connectivity index (χ4n) is 2.95. The van der Waals surface area contributed by atoms with E-state index in [0.717, 1.165) is 31.6 Å². The van der Waals surface area contributed by atoms with Gasteiger partial charge in [0.15, 0.2) is 0 Å². The summed E-state index contributed by atoms with van der Waals surface area (Å²) in [6, 6.07) is 7.04. The van der Waals surface area contributed by atoms with Gasteiger partial charge in [-0.1, -0.05) is 12.1 Å². The first-order valence-corrected chi connectivity index (χ1v) is 7.39. The Morgan fingerprint density at radius 1 is 1.25 bits per heavy atom. The lowest BCUT2D eigenvalue weighted by Gasteiger charge is -2.36. The quantitative estimate of drug-likeness (QED) is 0.897. The van der Waals surface area contributed by atoms with Gasteiger partial charge < -0.3 is 10.1 Å². The zero-order valence-electron chi connectivity index (χ0n) is 12.6. The maximum absolute atomic E-state index is 13.0. The van der Waals surface area contributed by atoms with E-state index in [-0.39, 0.29) is 11.9 Å². The topological polar surface area (TPSA) is 24.5 Å². The number of rotatable bonds is 5. The van der Waals surface area contributed by atoms with Crippen LogP contribution in [0, 0.1) is 5.82 Å². The van der Waals surface area contributed by atoms with Crippen LogP contribution in [0.3, 0.4) is 0 Å². The predicted octanol–water partition coefficient (Wildman–Crippen LogP) is 2.59. The Labute approximate surface area is 121 Å². The third kappa shape index (κ3) is 4.27. The monoisotopic (exact) mass is 280 g/mol. The zero-order valence-corrected chi connectivity index (χ0v) is 12.6. The summed E-state index contributed by atoms with van der Waals surface area (Å²) in [5, 5.41) is 3.32. The van der Waals surface area contributed by atoms with Crippen LogP contribution in [-0.2, 0) is 4.74 Å². The minimum Gasteiger partial charge on any atom is -0.373 e. The van der Waals surface area contributed by atoms with Crippen molar-refractivity contribution in [2.24, 2.45) is 0 Å². The Morgan fingerprint density at radius 3 is 2.40 bits per heavy atom. The Morgan fingerprint density at radius 2 is 1.85 bits per heavy atom. The van der Waals surface area contributed by atoms with Crippen LogP contribution < -0.4 is 5.32 Å². The van der Waals surface area contributed by atoms with Crippen molar-refractivity contribution in [3.63, 3.8) is 0 Å². The summed E-state index contributed by atoms with van der Waals surface area (Å²) in [4.78, 5) is 2.45. The van der Waals surface area contributed by atoms with Crippen molar-refractivity contribution < 1.29 is 9.13 Å². The summed E-state index contributed by atoms with van der Waals surface area (Å²) in [5.41, 5.74) is 1.14. The molecule has 0 radical (unpaired) electrons. The standard InChI is InChI=1S/C16H25FN2O/c1-12-10-19(11-13(2)20-12)9-8-16(18-3)14-4-6-15(17)7-5-14/h4-7,12-13,16,18H,8-11H2,1-3H3/t12-,13+,16?. The van der Waals surface area contributed by atoms with Gasteiger partial charge in [-0.2, -0.15) is 0 Å². The van der Waals surface area contributed by atoms with Crippen molar-refractivity contribution in [3.8, 4) is 0 Å². The molecular weight excluding hydrogens is 255 g/mol. The molecule has 1 heterocycles. The van der Waals surface area contributed by atoms with Gasteiger partial charge in [-0.15, -0.1) is 0 Å². The summed E-state index contributed by atoms with van der Waals surface area (Å²) in [6.07, 6.45) is 1.62. The van der Waals surface area contributed by atoms with Crippen LogP contribution in [-0.4, -0.2) is 43.8 Å². The Hall–Kier alpha value is -0.970. The van der Waals surface area contributed by atoms with Crippen molar-refractivity contribution >= 4 is 0 Å². The van der Waals surface area contributed by atoms with E-state index in [1.165, 1.54) is 12.1 Å². The van der Waals surface area contributed by atoms with Crippen LogP contribution in [0.15, 0.2) is 24.3 Å². The Balaban J connectivity index is 1.89. The normalized spacial score (nSPS) is 25.6. The van der Waals surface area contributed by atoms with Gasteiger partial charge in [-0.05, 0) is 45.0 Å². The second-order valence-corrected chi connectivity index (χ2v) is 5.70. The molecule has 0 aliphatic carbocycles. The number of benzene rings is 1. The lowest BCUT2D eigenvalue weighted by atomic mass is 10.0. The van der Waals surface area contributed by atoms with Gasteiger partial charge in [-0.25, -0.2) is 4.39 Å². The van der Waals surface area contributed by atoms with Crippen molar-refractivity contribution in [1.29, 1.82) is 0 Å². The third-order valence-corrected chi connectivity index (χ3v) is 3.85. The minimum atomic E-state index is -0.181. The molecule has 0 bridgehead atoms. The zero-order chi connectivity index (χ0) is 14.5. The van der Waals surface area contributed by atoms with E-state index in [0.29, 0.717) is 12.2 Å². The van der Waals surface area contributed by atoms with Crippen LogP contribution in [0.25, 0.3) is 0 Å². The molecule has 1 aliphatic heterocycles. The summed E-state index contributed by atoms with van der Waals surface area (Å²) >= 11 is 0. The Kier molecular flexibility index (Phi) is 5.52. The molecule has 1 unspecified atom stereocenters. The molecule has 1 fully saturated rings. The van der Waals surface area contributed by atoms with Gasteiger partial charge in [0.1, 0.15) is 5.82 Å². The first kappa shape index (κ1) is 15.4. The highest BCUT2D eigenvalue weighted by Gasteiger charge is 2.22. The molecule has 20 heavy (non-hydrogen) atoms. The van der Waals surface area contributed by atoms with Gasteiger partial charge in [-0.3, -0.25) is 4.90 Å². The molecule has 0 saturated carbocycles. The van der Waals surface area contributed by atoms with Crippen molar-refractivity contribution in [3.05, 3.63) is 35.6 Å². The number of morpholine rings is 1. The SMILES string of the molecule is CNC(CCN1C[C@@H](C)O[C@@H](C)C1)c1ccc(F)cc1. The second-order valence-electron chi connectivity index (χ2n) is 5.70. The van der Waals surface area contributed by atoms with Gasteiger partial charge >= 0.3 is 0 Å². The fourth-order valence-corrected chi connectivity index (χ4v) is 2.95. The predicted molar refractivity (Wildman–Crippen MR) is 79.3 cm³/mol. The minimum absolute atomic E-state index is 0.181. The van der Waals surface area contributed by atoms with E-state index in [4.69, 9.17) is 4.74 Å². The molecule has 3 nitrogen and oxygen atoms in total. The summed E-state index contributed by atoms with van der Waals surface area (Å²) in [7, 11) is 1.96. The molecule has 112 valence electrons. The summed E-state index contributed by atoms with van der Waals surface area (Å²) in [6.45, 7) is 7.26. The highest BCUT2D eigenvalue weighted by Crippen LogP contribution is 2.19. The first-order valence-electron chi connectivity index (χ1n) is 7.39. The molecule has 1 aliphatic rings. The molecular formula is C16H25FN2O. The summed E-state index contributed by atoms with van der Waals surface area (Å²) < 4.78 is 18.7. The molecule has 0 spiro atoms. The number of hydrogen-bond acceptors (Lipinski definition) is 3. The van der Waals surface area contributed by atoms with E-state index in [1.54, 1.807) is 0 Å². The van der Waals surface area contributed by atoms with Gasteiger partial charge in [0.05, 0.1) is 12.2 Å². The van der Waals surface area contributed by atoms with E-state index >= 15 is 0 Å². The molecule has 1 N–H and O–H groups in total. The lowest BCUT2D eigenvalue weighted by Crippen LogP contribution is -2.46. The molecule has 1 aromatic rings. The smallest absolute Gasteiger partial charge is 0.123 e. The van der Waals surface area contributed by atoms with E-state index in [9.17, 15) is 4.39 Å². The van der Waals surface area contributed by atoms with Crippen LogP contribution in [0.4, 0.5) is 4.39 Å². The molecule has 0 amide bonds. The van der Waals surface area contributed by atoms with Crippen LogP contribution >= 0.6 is 0 Å². The van der Waals surface area contributed by atoms with Crippen molar-refractivity contribution in [2.75, 3.05) is 26.7 Å². The lowest BCUT2D eigenvalue weighted by molar-refractivity contribution is -0.0685. The van der Waals surface area contributed by atoms with Crippen LogP contribution in [0.1, 0.15) is 31.9 Å². The van der Waals surface area contributed by atoms with Crippen molar-refractivity contribution in [2.45, 2.75) is 38.5 Å². The summed E-state index contributed by atoms with van der Waals surface area (Å²) in [5.74, 6) is -0.181. The highest BCUT2D eigenvalue weighted by atomic mass is 19.1. The van der Waals surface area contributed by atoms with E-state index in [2.05, 4.69) is 24.1 Å². The average molecular weight is 280 g/mol. The number of nitrogens with one attached hydrogen (secondary N) is 1.